The maximum Gasteiger partial charge on any atom is 0.349 e. The number of carbonyl (C=O) groups excluding carboxylic acids is 2. The normalized spacial score (nSPS) is 13.6. The fraction of sp³-hybridized carbons (Fsp3) is 0.0833. The lowest BCUT2D eigenvalue weighted by atomic mass is 10.1. The van der Waals surface area contributed by atoms with Crippen LogP contribution in [0.4, 0.5) is 22.0 Å². The first kappa shape index (κ1) is 24.2. The molecule has 0 bridgehead atoms. The molecule has 0 atom stereocenters. The maximum absolute atomic E-state index is 13.7. The second-order valence-electron chi connectivity index (χ2n) is 7.22. The first-order chi connectivity index (χ1) is 16.6. The van der Waals surface area contributed by atoms with Gasteiger partial charge in [0.2, 0.25) is 34.9 Å². The number of hydrogen-bond donors (Lipinski definition) is 0. The zero-order chi connectivity index (χ0) is 25.4. The van der Waals surface area contributed by atoms with Gasteiger partial charge in [0, 0.05) is 10.6 Å². The number of carbonyl (C=O) groups is 2. The van der Waals surface area contributed by atoms with Crippen LogP contribution in [0.25, 0.3) is 6.08 Å². The Hall–Kier alpha value is -3.92. The molecule has 4 rings (SSSR count). The second kappa shape index (κ2) is 9.38. The fourth-order valence-corrected chi connectivity index (χ4v) is 3.31. The molecule has 0 aromatic heterocycles. The van der Waals surface area contributed by atoms with Crippen molar-refractivity contribution >= 4 is 29.4 Å². The smallest absolute Gasteiger partial charge is 0.349 e. The lowest BCUT2D eigenvalue weighted by molar-refractivity contribution is -0.136. The van der Waals surface area contributed by atoms with Gasteiger partial charge in [-0.25, -0.2) is 18.0 Å². The Morgan fingerprint density at radius 2 is 1.54 bits per heavy atom. The van der Waals surface area contributed by atoms with Crippen LogP contribution >= 0.6 is 11.6 Å². The third-order valence-electron chi connectivity index (χ3n) is 4.93. The highest BCUT2D eigenvalue weighted by Crippen LogP contribution is 2.39. The van der Waals surface area contributed by atoms with Crippen molar-refractivity contribution in [2.24, 2.45) is 0 Å². The minimum atomic E-state index is -2.36. The first-order valence-electron chi connectivity index (χ1n) is 9.76. The molecule has 1 aliphatic rings. The molecule has 0 unspecified atom stereocenters. The summed E-state index contributed by atoms with van der Waals surface area (Å²) in [5, 5.41) is 0.514. The zero-order valence-electron chi connectivity index (χ0n) is 17.6. The molecule has 5 nitrogen and oxygen atoms in total. The molecule has 0 amide bonds. The Kier molecular flexibility index (Phi) is 6.49. The summed E-state index contributed by atoms with van der Waals surface area (Å²) in [5.41, 5.74) is 1.11. The van der Waals surface area contributed by atoms with Gasteiger partial charge in [-0.2, -0.15) is 8.78 Å². The molecular formula is C24H12ClF5O5. The van der Waals surface area contributed by atoms with E-state index in [1.807, 2.05) is 0 Å². The second-order valence-corrected chi connectivity index (χ2v) is 7.65. The van der Waals surface area contributed by atoms with Crippen molar-refractivity contribution in [1.29, 1.82) is 0 Å². The Morgan fingerprint density at radius 3 is 2.17 bits per heavy atom. The largest absolute Gasteiger partial charge is 0.476 e. The van der Waals surface area contributed by atoms with E-state index in [1.165, 1.54) is 25.1 Å². The van der Waals surface area contributed by atoms with E-state index in [4.69, 9.17) is 21.1 Å². The number of fused-ring (bicyclic) bond motifs is 1. The Labute approximate surface area is 199 Å². The number of benzene rings is 3. The summed E-state index contributed by atoms with van der Waals surface area (Å²) in [5.74, 6) is -14.4. The van der Waals surface area contributed by atoms with Gasteiger partial charge in [-0.15, -0.1) is 0 Å². The summed E-state index contributed by atoms with van der Waals surface area (Å²) >= 11 is 5.85. The SMILES string of the molecule is Cc1c(OC(=O)COc2c(F)c(F)c(F)c(F)c2F)ccc2c1O/C(=C\c1ccc(Cl)cc1)C2=O. The molecule has 180 valence electrons. The molecule has 11 heteroatoms. The molecule has 3 aromatic rings. The van der Waals surface area contributed by atoms with Gasteiger partial charge in [0.15, 0.2) is 18.1 Å². The summed E-state index contributed by atoms with van der Waals surface area (Å²) in [6.45, 7) is 0.321. The molecule has 0 aliphatic carbocycles. The van der Waals surface area contributed by atoms with E-state index in [2.05, 4.69) is 4.74 Å². The maximum atomic E-state index is 13.7. The molecule has 0 fully saturated rings. The van der Waals surface area contributed by atoms with Gasteiger partial charge in [-0.1, -0.05) is 23.7 Å². The topological polar surface area (TPSA) is 61.8 Å². The van der Waals surface area contributed by atoms with Crippen molar-refractivity contribution in [3.05, 3.63) is 93.0 Å². The zero-order valence-corrected chi connectivity index (χ0v) is 18.3. The van der Waals surface area contributed by atoms with Gasteiger partial charge in [0.05, 0.1) is 5.56 Å². The average molecular weight is 511 g/mol. The van der Waals surface area contributed by atoms with Crippen molar-refractivity contribution < 1.29 is 45.8 Å². The van der Waals surface area contributed by atoms with Gasteiger partial charge in [0.1, 0.15) is 11.5 Å². The van der Waals surface area contributed by atoms with E-state index in [1.54, 1.807) is 24.3 Å². The monoisotopic (exact) mass is 510 g/mol. The van der Waals surface area contributed by atoms with Crippen LogP contribution in [0.15, 0.2) is 42.2 Å². The Balaban J connectivity index is 1.50. The predicted octanol–water partition coefficient (Wildman–Crippen LogP) is 5.94. The Bertz CT molecular complexity index is 1370. The van der Waals surface area contributed by atoms with Crippen LogP contribution in [0.5, 0.6) is 17.2 Å². The van der Waals surface area contributed by atoms with E-state index in [0.717, 1.165) is 0 Å². The number of hydrogen-bond acceptors (Lipinski definition) is 5. The molecule has 1 aliphatic heterocycles. The number of rotatable bonds is 5. The lowest BCUT2D eigenvalue weighted by Crippen LogP contribution is -2.20. The molecule has 0 N–H and O–H groups in total. The average Bonchev–Trinajstić information content (AvgIpc) is 3.15. The van der Waals surface area contributed by atoms with Crippen LogP contribution < -0.4 is 14.2 Å². The van der Waals surface area contributed by atoms with Crippen molar-refractivity contribution in [3.63, 3.8) is 0 Å². The standard InChI is InChI=1S/C24H12ClF5O5/c1-10-14(34-16(31)9-33-24-20(29)18(27)17(26)19(28)21(24)30)7-6-13-22(32)15(35-23(10)13)8-11-2-4-12(25)5-3-11/h2-8H,9H2,1H3/b15-8-. The summed E-state index contributed by atoms with van der Waals surface area (Å²) in [4.78, 5) is 24.8. The first-order valence-corrected chi connectivity index (χ1v) is 10.1. The molecular weight excluding hydrogens is 499 g/mol. The third kappa shape index (κ3) is 4.57. The fourth-order valence-electron chi connectivity index (χ4n) is 3.18. The van der Waals surface area contributed by atoms with Crippen molar-refractivity contribution in [1.82, 2.24) is 0 Å². The van der Waals surface area contributed by atoms with E-state index in [0.29, 0.717) is 10.6 Å². The van der Waals surface area contributed by atoms with Gasteiger partial charge in [-0.3, -0.25) is 4.79 Å². The van der Waals surface area contributed by atoms with Crippen LogP contribution in [0.1, 0.15) is 21.5 Å². The summed E-state index contributed by atoms with van der Waals surface area (Å²) in [6, 6.07) is 9.27. The van der Waals surface area contributed by atoms with Gasteiger partial charge >= 0.3 is 5.97 Å². The molecule has 0 saturated carbocycles. The molecule has 3 aromatic carbocycles. The molecule has 0 radical (unpaired) electrons. The predicted molar refractivity (Wildman–Crippen MR) is 113 cm³/mol. The lowest BCUT2D eigenvalue weighted by Gasteiger charge is -2.12. The van der Waals surface area contributed by atoms with Crippen molar-refractivity contribution in [2.75, 3.05) is 6.61 Å². The molecule has 35 heavy (non-hydrogen) atoms. The summed E-state index contributed by atoms with van der Waals surface area (Å²) < 4.78 is 82.2. The van der Waals surface area contributed by atoms with Gasteiger partial charge in [-0.05, 0) is 42.8 Å². The number of ether oxygens (including phenoxy) is 3. The Morgan fingerprint density at radius 1 is 0.943 bits per heavy atom. The summed E-state index contributed by atoms with van der Waals surface area (Å²) in [7, 11) is 0. The van der Waals surface area contributed by atoms with Gasteiger partial charge < -0.3 is 14.2 Å². The highest BCUT2D eigenvalue weighted by atomic mass is 35.5. The number of allylic oxidation sites excluding steroid dienone is 1. The molecule has 1 heterocycles. The van der Waals surface area contributed by atoms with E-state index in [9.17, 15) is 31.5 Å². The van der Waals surface area contributed by atoms with Crippen molar-refractivity contribution in [3.8, 4) is 17.2 Å². The van der Waals surface area contributed by atoms with E-state index in [-0.39, 0.29) is 28.4 Å². The van der Waals surface area contributed by atoms with Crippen LogP contribution in [-0.4, -0.2) is 18.4 Å². The van der Waals surface area contributed by atoms with Crippen LogP contribution in [0.2, 0.25) is 5.02 Å². The minimum absolute atomic E-state index is 0.0172. The van der Waals surface area contributed by atoms with Gasteiger partial charge in [0.25, 0.3) is 0 Å². The number of ketones is 1. The molecule has 0 spiro atoms. The molecule has 0 saturated heterocycles. The highest BCUT2D eigenvalue weighted by Gasteiger charge is 2.31. The third-order valence-corrected chi connectivity index (χ3v) is 5.18. The number of esters is 1. The van der Waals surface area contributed by atoms with Crippen LogP contribution in [0.3, 0.4) is 0 Å². The van der Waals surface area contributed by atoms with E-state index >= 15 is 0 Å². The van der Waals surface area contributed by atoms with E-state index < -0.39 is 53.2 Å². The van der Waals surface area contributed by atoms with Crippen LogP contribution in [-0.2, 0) is 4.79 Å². The van der Waals surface area contributed by atoms with Crippen LogP contribution in [0, 0.1) is 36.0 Å². The van der Waals surface area contributed by atoms with Crippen molar-refractivity contribution in [2.45, 2.75) is 6.92 Å². The minimum Gasteiger partial charge on any atom is -0.476 e. The summed E-state index contributed by atoms with van der Waals surface area (Å²) in [6.07, 6.45) is 1.50. The quantitative estimate of drug-likeness (QED) is 0.106. The number of Topliss-reactive ketones (excluding diaryl/α,β-unsaturated/α-hetero) is 1. The highest BCUT2D eigenvalue weighted by molar-refractivity contribution is 6.30. The number of halogens is 6.